The minimum Gasteiger partial charge on any atom is -0.399 e. The van der Waals surface area contributed by atoms with Crippen molar-refractivity contribution in [3.63, 3.8) is 0 Å². The normalized spacial score (nSPS) is 14.3. The number of amides is 1. The van der Waals surface area contributed by atoms with Crippen molar-refractivity contribution < 1.29 is 9.90 Å². The molecule has 19 heavy (non-hydrogen) atoms. The van der Waals surface area contributed by atoms with E-state index in [-0.39, 0.29) is 18.1 Å². The SMILES string of the molecule is CCC(C)(O)CNC(=O)c1n[nH]c2ccc(N)cc12. The molecular formula is C13H18N4O2. The smallest absolute Gasteiger partial charge is 0.272 e. The first-order valence-corrected chi connectivity index (χ1v) is 6.17. The van der Waals surface area contributed by atoms with E-state index in [0.717, 1.165) is 5.52 Å². The molecule has 0 fully saturated rings. The van der Waals surface area contributed by atoms with Gasteiger partial charge in [-0.15, -0.1) is 0 Å². The molecule has 1 atom stereocenters. The Labute approximate surface area is 111 Å². The number of aromatic nitrogens is 2. The van der Waals surface area contributed by atoms with Crippen LogP contribution in [0.3, 0.4) is 0 Å². The fourth-order valence-corrected chi connectivity index (χ4v) is 1.68. The van der Waals surface area contributed by atoms with Crippen molar-refractivity contribution in [3.05, 3.63) is 23.9 Å². The number of nitrogens with one attached hydrogen (secondary N) is 2. The molecule has 0 saturated heterocycles. The summed E-state index contributed by atoms with van der Waals surface area (Å²) < 4.78 is 0. The van der Waals surface area contributed by atoms with Crippen LogP contribution in [-0.2, 0) is 0 Å². The van der Waals surface area contributed by atoms with E-state index < -0.39 is 5.60 Å². The number of nitrogens with zero attached hydrogens (tertiary/aromatic N) is 1. The lowest BCUT2D eigenvalue weighted by Gasteiger charge is -2.21. The second-order valence-corrected chi connectivity index (χ2v) is 4.91. The average Bonchev–Trinajstić information content (AvgIpc) is 2.79. The van der Waals surface area contributed by atoms with Crippen LogP contribution in [-0.4, -0.2) is 33.4 Å². The number of fused-ring (bicyclic) bond motifs is 1. The van der Waals surface area contributed by atoms with Crippen molar-refractivity contribution in [2.75, 3.05) is 12.3 Å². The van der Waals surface area contributed by atoms with Gasteiger partial charge in [0.2, 0.25) is 0 Å². The quantitative estimate of drug-likeness (QED) is 0.618. The number of anilines is 1. The van der Waals surface area contributed by atoms with Crippen LogP contribution < -0.4 is 11.1 Å². The molecule has 1 unspecified atom stereocenters. The number of hydrogen-bond acceptors (Lipinski definition) is 4. The first kappa shape index (κ1) is 13.4. The maximum atomic E-state index is 12.0. The number of hydrogen-bond donors (Lipinski definition) is 4. The van der Waals surface area contributed by atoms with Gasteiger partial charge in [-0.25, -0.2) is 0 Å². The highest BCUT2D eigenvalue weighted by Crippen LogP contribution is 2.19. The Morgan fingerprint density at radius 1 is 1.58 bits per heavy atom. The highest BCUT2D eigenvalue weighted by atomic mass is 16.3. The van der Waals surface area contributed by atoms with Crippen LogP contribution in [0, 0.1) is 0 Å². The Morgan fingerprint density at radius 3 is 3.00 bits per heavy atom. The Hall–Kier alpha value is -2.08. The molecule has 102 valence electrons. The van der Waals surface area contributed by atoms with Crippen molar-refractivity contribution in [1.29, 1.82) is 0 Å². The van der Waals surface area contributed by atoms with Crippen molar-refractivity contribution in [3.8, 4) is 0 Å². The molecule has 0 aliphatic heterocycles. The molecule has 0 radical (unpaired) electrons. The minimum absolute atomic E-state index is 0.180. The van der Waals surface area contributed by atoms with E-state index in [1.165, 1.54) is 0 Å². The van der Waals surface area contributed by atoms with Crippen molar-refractivity contribution in [1.82, 2.24) is 15.5 Å². The van der Waals surface area contributed by atoms with Crippen LogP contribution in [0.5, 0.6) is 0 Å². The summed E-state index contributed by atoms with van der Waals surface area (Å²) in [6, 6.07) is 5.21. The summed E-state index contributed by atoms with van der Waals surface area (Å²) in [5, 5.41) is 20.0. The molecule has 6 heteroatoms. The fraction of sp³-hybridized carbons (Fsp3) is 0.385. The van der Waals surface area contributed by atoms with E-state index in [9.17, 15) is 9.90 Å². The summed E-state index contributed by atoms with van der Waals surface area (Å²) in [6.07, 6.45) is 0.557. The lowest BCUT2D eigenvalue weighted by atomic mass is 10.0. The maximum Gasteiger partial charge on any atom is 0.272 e. The monoisotopic (exact) mass is 262 g/mol. The largest absolute Gasteiger partial charge is 0.399 e. The third kappa shape index (κ3) is 2.85. The molecular weight excluding hydrogens is 244 g/mol. The second-order valence-electron chi connectivity index (χ2n) is 4.91. The number of aromatic amines is 1. The van der Waals surface area contributed by atoms with Crippen LogP contribution in [0.25, 0.3) is 10.9 Å². The van der Waals surface area contributed by atoms with E-state index >= 15 is 0 Å². The Kier molecular flexibility index (Phi) is 3.44. The van der Waals surface area contributed by atoms with Crippen LogP contribution in [0.4, 0.5) is 5.69 Å². The number of nitrogens with two attached hydrogens (primary N) is 1. The second kappa shape index (κ2) is 4.89. The Bertz CT molecular complexity index is 604. The van der Waals surface area contributed by atoms with Gasteiger partial charge in [-0.1, -0.05) is 6.92 Å². The van der Waals surface area contributed by atoms with Gasteiger partial charge in [-0.3, -0.25) is 9.89 Å². The standard InChI is InChI=1S/C13H18N4O2/c1-3-13(2,19)7-15-12(18)11-9-6-8(14)4-5-10(9)16-17-11/h4-6,19H,3,7,14H2,1-2H3,(H,15,18)(H,16,17). The number of H-pyrrole nitrogens is 1. The van der Waals surface area contributed by atoms with E-state index in [4.69, 9.17) is 5.73 Å². The van der Waals surface area contributed by atoms with Crippen molar-refractivity contribution in [2.45, 2.75) is 25.9 Å². The Morgan fingerprint density at radius 2 is 2.32 bits per heavy atom. The van der Waals surface area contributed by atoms with Gasteiger partial charge < -0.3 is 16.2 Å². The molecule has 6 nitrogen and oxygen atoms in total. The summed E-state index contributed by atoms with van der Waals surface area (Å²) in [7, 11) is 0. The number of benzene rings is 1. The van der Waals surface area contributed by atoms with E-state index in [2.05, 4.69) is 15.5 Å². The first-order valence-electron chi connectivity index (χ1n) is 6.17. The number of carbonyl (C=O) groups excluding carboxylic acids is 1. The molecule has 2 rings (SSSR count). The molecule has 0 saturated carbocycles. The highest BCUT2D eigenvalue weighted by molar-refractivity contribution is 6.05. The minimum atomic E-state index is -0.916. The van der Waals surface area contributed by atoms with Crippen molar-refractivity contribution in [2.24, 2.45) is 0 Å². The van der Waals surface area contributed by atoms with E-state index in [1.807, 2.05) is 6.92 Å². The van der Waals surface area contributed by atoms with Gasteiger partial charge in [-0.2, -0.15) is 5.10 Å². The molecule has 1 amide bonds. The van der Waals surface area contributed by atoms with Crippen LogP contribution in [0.15, 0.2) is 18.2 Å². The molecule has 0 bridgehead atoms. The average molecular weight is 262 g/mol. The number of rotatable bonds is 4. The highest BCUT2D eigenvalue weighted by Gasteiger charge is 2.20. The Balaban J connectivity index is 2.20. The fourth-order valence-electron chi connectivity index (χ4n) is 1.68. The predicted molar refractivity (Wildman–Crippen MR) is 73.8 cm³/mol. The predicted octanol–water partition coefficient (Wildman–Crippen LogP) is 1.04. The van der Waals surface area contributed by atoms with Gasteiger partial charge >= 0.3 is 0 Å². The van der Waals surface area contributed by atoms with Crippen LogP contribution >= 0.6 is 0 Å². The van der Waals surface area contributed by atoms with Gasteiger partial charge in [0.15, 0.2) is 5.69 Å². The third-order valence-corrected chi connectivity index (χ3v) is 3.19. The van der Waals surface area contributed by atoms with Gasteiger partial charge in [-0.05, 0) is 31.5 Å². The van der Waals surface area contributed by atoms with E-state index in [0.29, 0.717) is 17.5 Å². The summed E-state index contributed by atoms with van der Waals surface area (Å²) in [5.74, 6) is -0.328. The molecule has 1 aromatic carbocycles. The zero-order chi connectivity index (χ0) is 14.0. The summed E-state index contributed by atoms with van der Waals surface area (Å²) >= 11 is 0. The lowest BCUT2D eigenvalue weighted by molar-refractivity contribution is 0.0517. The van der Waals surface area contributed by atoms with Gasteiger partial charge in [0.1, 0.15) is 0 Å². The molecule has 1 heterocycles. The van der Waals surface area contributed by atoms with Gasteiger partial charge in [0, 0.05) is 17.6 Å². The summed E-state index contributed by atoms with van der Waals surface area (Å²) in [4.78, 5) is 12.0. The zero-order valence-corrected chi connectivity index (χ0v) is 11.0. The number of carbonyl (C=O) groups is 1. The number of aliphatic hydroxyl groups is 1. The van der Waals surface area contributed by atoms with Crippen LogP contribution in [0.1, 0.15) is 30.8 Å². The molecule has 0 aliphatic carbocycles. The number of nitrogen functional groups attached to an aromatic ring is 1. The molecule has 2 aromatic rings. The maximum absolute atomic E-state index is 12.0. The first-order chi connectivity index (χ1) is 8.93. The lowest BCUT2D eigenvalue weighted by Crippen LogP contribution is -2.40. The van der Waals surface area contributed by atoms with Gasteiger partial charge in [0.25, 0.3) is 5.91 Å². The third-order valence-electron chi connectivity index (χ3n) is 3.19. The molecule has 1 aromatic heterocycles. The van der Waals surface area contributed by atoms with Crippen LogP contribution in [0.2, 0.25) is 0 Å². The zero-order valence-electron chi connectivity index (χ0n) is 11.0. The summed E-state index contributed by atoms with van der Waals surface area (Å²) in [6.45, 7) is 3.71. The van der Waals surface area contributed by atoms with E-state index in [1.54, 1.807) is 25.1 Å². The summed E-state index contributed by atoms with van der Waals surface area (Å²) in [5.41, 5.74) is 6.40. The topological polar surface area (TPSA) is 104 Å². The molecule has 5 N–H and O–H groups in total. The molecule has 0 spiro atoms. The molecule has 0 aliphatic rings. The van der Waals surface area contributed by atoms with Crippen molar-refractivity contribution >= 4 is 22.5 Å². The van der Waals surface area contributed by atoms with Gasteiger partial charge in [0.05, 0.1) is 11.1 Å².